The molecule has 19 heavy (non-hydrogen) atoms. The van der Waals surface area contributed by atoms with Crippen molar-refractivity contribution in [1.82, 2.24) is 0 Å². The number of ether oxygens (including phenoxy) is 3. The molecule has 1 unspecified atom stereocenters. The third-order valence-electron chi connectivity index (χ3n) is 3.18. The van der Waals surface area contributed by atoms with Crippen LogP contribution in [0.25, 0.3) is 0 Å². The highest BCUT2D eigenvalue weighted by molar-refractivity contribution is 5.13. The predicted octanol–water partition coefficient (Wildman–Crippen LogP) is 2.07. The van der Waals surface area contributed by atoms with E-state index in [-0.39, 0.29) is 6.04 Å². The number of rotatable bonds is 6. The van der Waals surface area contributed by atoms with Gasteiger partial charge < -0.3 is 19.9 Å². The standard InChI is InChI=1S/C15H23NO3/c1-15(18-8-5-9-19-15)10-14(16)12-17-11-13-6-3-2-4-7-13/h2-4,6-7,14H,5,8-12,16H2,1H3. The maximum absolute atomic E-state index is 6.07. The fraction of sp³-hybridized carbons (Fsp3) is 0.600. The van der Waals surface area contributed by atoms with Crippen molar-refractivity contribution in [2.45, 2.75) is 38.2 Å². The minimum Gasteiger partial charge on any atom is -0.375 e. The van der Waals surface area contributed by atoms with E-state index in [1.54, 1.807) is 0 Å². The Morgan fingerprint density at radius 1 is 1.26 bits per heavy atom. The minimum absolute atomic E-state index is 0.0770. The highest BCUT2D eigenvalue weighted by Gasteiger charge is 2.31. The lowest BCUT2D eigenvalue weighted by atomic mass is 10.1. The van der Waals surface area contributed by atoms with Gasteiger partial charge in [0.15, 0.2) is 5.79 Å². The molecule has 1 heterocycles. The van der Waals surface area contributed by atoms with Gasteiger partial charge in [-0.25, -0.2) is 0 Å². The van der Waals surface area contributed by atoms with Crippen molar-refractivity contribution in [3.05, 3.63) is 35.9 Å². The van der Waals surface area contributed by atoms with E-state index < -0.39 is 5.79 Å². The van der Waals surface area contributed by atoms with Crippen LogP contribution in [0.3, 0.4) is 0 Å². The van der Waals surface area contributed by atoms with Crippen LogP contribution in [0.1, 0.15) is 25.3 Å². The molecule has 1 saturated heterocycles. The Kier molecular flexibility index (Phi) is 5.34. The molecule has 1 atom stereocenters. The smallest absolute Gasteiger partial charge is 0.167 e. The molecule has 1 aliphatic rings. The van der Waals surface area contributed by atoms with E-state index in [4.69, 9.17) is 19.9 Å². The minimum atomic E-state index is -0.548. The van der Waals surface area contributed by atoms with Gasteiger partial charge in [0.2, 0.25) is 0 Å². The lowest BCUT2D eigenvalue weighted by molar-refractivity contribution is -0.261. The number of benzene rings is 1. The molecule has 1 aromatic carbocycles. The van der Waals surface area contributed by atoms with Gasteiger partial charge in [-0.1, -0.05) is 30.3 Å². The van der Waals surface area contributed by atoms with Crippen molar-refractivity contribution >= 4 is 0 Å². The number of nitrogens with two attached hydrogens (primary N) is 1. The Labute approximate surface area is 114 Å². The summed E-state index contributed by atoms with van der Waals surface area (Å²) in [4.78, 5) is 0. The molecule has 0 aliphatic carbocycles. The summed E-state index contributed by atoms with van der Waals surface area (Å²) in [6.07, 6.45) is 1.61. The van der Waals surface area contributed by atoms with Gasteiger partial charge in [-0.15, -0.1) is 0 Å². The second-order valence-electron chi connectivity index (χ2n) is 5.15. The lowest BCUT2D eigenvalue weighted by Crippen LogP contribution is -2.44. The summed E-state index contributed by atoms with van der Waals surface area (Å²) >= 11 is 0. The molecule has 106 valence electrons. The van der Waals surface area contributed by atoms with Gasteiger partial charge in [0.1, 0.15) is 0 Å². The van der Waals surface area contributed by atoms with E-state index >= 15 is 0 Å². The van der Waals surface area contributed by atoms with Crippen LogP contribution in [0.15, 0.2) is 30.3 Å². The molecule has 1 fully saturated rings. The Bertz CT molecular complexity index is 363. The highest BCUT2D eigenvalue weighted by Crippen LogP contribution is 2.23. The second kappa shape index (κ2) is 7.01. The van der Waals surface area contributed by atoms with Crippen molar-refractivity contribution in [3.63, 3.8) is 0 Å². The Morgan fingerprint density at radius 2 is 1.95 bits per heavy atom. The highest BCUT2D eigenvalue weighted by atomic mass is 16.7. The molecule has 0 radical (unpaired) electrons. The maximum atomic E-state index is 6.07. The van der Waals surface area contributed by atoms with E-state index in [2.05, 4.69) is 0 Å². The van der Waals surface area contributed by atoms with E-state index in [1.165, 1.54) is 0 Å². The van der Waals surface area contributed by atoms with Crippen LogP contribution < -0.4 is 5.73 Å². The Balaban J connectivity index is 1.68. The van der Waals surface area contributed by atoms with Crippen LogP contribution in [0.2, 0.25) is 0 Å². The monoisotopic (exact) mass is 265 g/mol. The van der Waals surface area contributed by atoms with Crippen LogP contribution in [-0.2, 0) is 20.8 Å². The molecule has 1 aliphatic heterocycles. The van der Waals surface area contributed by atoms with Gasteiger partial charge in [0.05, 0.1) is 26.4 Å². The molecule has 2 rings (SSSR count). The average molecular weight is 265 g/mol. The van der Waals surface area contributed by atoms with Crippen molar-refractivity contribution in [2.75, 3.05) is 19.8 Å². The van der Waals surface area contributed by atoms with Gasteiger partial charge in [0, 0.05) is 12.5 Å². The maximum Gasteiger partial charge on any atom is 0.167 e. The molecule has 0 amide bonds. The topological polar surface area (TPSA) is 53.7 Å². The summed E-state index contributed by atoms with van der Waals surface area (Å²) in [5.74, 6) is -0.548. The van der Waals surface area contributed by atoms with Crippen molar-refractivity contribution in [3.8, 4) is 0 Å². The Morgan fingerprint density at radius 3 is 2.63 bits per heavy atom. The largest absolute Gasteiger partial charge is 0.375 e. The van der Waals surface area contributed by atoms with Gasteiger partial charge in [-0.2, -0.15) is 0 Å². The molecule has 0 aromatic heterocycles. The number of hydrogen-bond acceptors (Lipinski definition) is 4. The molecule has 4 heteroatoms. The molecular weight excluding hydrogens is 242 g/mol. The number of hydrogen-bond donors (Lipinski definition) is 1. The van der Waals surface area contributed by atoms with E-state index in [0.717, 1.165) is 25.2 Å². The van der Waals surface area contributed by atoms with Crippen LogP contribution in [-0.4, -0.2) is 31.6 Å². The summed E-state index contributed by atoms with van der Waals surface area (Å²) in [5.41, 5.74) is 7.23. The average Bonchev–Trinajstić information content (AvgIpc) is 2.40. The quantitative estimate of drug-likeness (QED) is 0.855. The van der Waals surface area contributed by atoms with Crippen LogP contribution >= 0.6 is 0 Å². The van der Waals surface area contributed by atoms with Gasteiger partial charge in [-0.05, 0) is 18.9 Å². The van der Waals surface area contributed by atoms with Crippen LogP contribution in [0, 0.1) is 0 Å². The van der Waals surface area contributed by atoms with E-state index in [0.29, 0.717) is 19.6 Å². The first-order chi connectivity index (χ1) is 9.18. The zero-order valence-corrected chi connectivity index (χ0v) is 11.5. The summed E-state index contributed by atoms with van der Waals surface area (Å²) in [6.45, 7) is 4.54. The zero-order valence-electron chi connectivity index (χ0n) is 11.5. The van der Waals surface area contributed by atoms with Crippen molar-refractivity contribution in [1.29, 1.82) is 0 Å². The van der Waals surface area contributed by atoms with E-state index in [9.17, 15) is 0 Å². The fourth-order valence-electron chi connectivity index (χ4n) is 2.23. The molecule has 1 aromatic rings. The summed E-state index contributed by atoms with van der Waals surface area (Å²) in [7, 11) is 0. The molecular formula is C15H23NO3. The van der Waals surface area contributed by atoms with Gasteiger partial charge in [0.25, 0.3) is 0 Å². The van der Waals surface area contributed by atoms with Crippen molar-refractivity contribution in [2.24, 2.45) is 5.73 Å². The first kappa shape index (κ1) is 14.5. The normalized spacial score (nSPS) is 20.1. The second-order valence-corrected chi connectivity index (χ2v) is 5.15. The molecule has 0 saturated carbocycles. The SMILES string of the molecule is CC1(CC(N)COCc2ccccc2)OCCCO1. The molecule has 2 N–H and O–H groups in total. The third kappa shape index (κ3) is 4.91. The molecule has 4 nitrogen and oxygen atoms in total. The zero-order chi connectivity index (χ0) is 13.6. The summed E-state index contributed by atoms with van der Waals surface area (Å²) in [6, 6.07) is 10.0. The summed E-state index contributed by atoms with van der Waals surface area (Å²) < 4.78 is 16.9. The van der Waals surface area contributed by atoms with Crippen LogP contribution in [0.4, 0.5) is 0 Å². The van der Waals surface area contributed by atoms with E-state index in [1.807, 2.05) is 37.3 Å². The summed E-state index contributed by atoms with van der Waals surface area (Å²) in [5, 5.41) is 0. The van der Waals surface area contributed by atoms with Crippen LogP contribution in [0.5, 0.6) is 0 Å². The molecule has 0 spiro atoms. The fourth-order valence-corrected chi connectivity index (χ4v) is 2.23. The Hall–Kier alpha value is -0.940. The first-order valence-electron chi connectivity index (χ1n) is 6.83. The molecule has 0 bridgehead atoms. The third-order valence-corrected chi connectivity index (χ3v) is 3.18. The first-order valence-corrected chi connectivity index (χ1v) is 6.83. The predicted molar refractivity (Wildman–Crippen MR) is 73.6 cm³/mol. The van der Waals surface area contributed by atoms with Crippen molar-refractivity contribution < 1.29 is 14.2 Å². The van der Waals surface area contributed by atoms with Gasteiger partial charge in [-0.3, -0.25) is 0 Å². The van der Waals surface area contributed by atoms with Gasteiger partial charge >= 0.3 is 0 Å². The lowest BCUT2D eigenvalue weighted by Gasteiger charge is -2.35.